The number of rotatable bonds is 6. The van der Waals surface area contributed by atoms with Gasteiger partial charge in [0, 0.05) is 13.2 Å². The minimum atomic E-state index is -2.62. The molecule has 12 heavy (non-hydrogen) atoms. The average molecular weight is 183 g/mol. The van der Waals surface area contributed by atoms with E-state index in [0.29, 0.717) is 13.2 Å². The molecule has 1 unspecified atom stereocenters. The number of hydrogen-bond donors (Lipinski definition) is 1. The highest BCUT2D eigenvalue weighted by atomic mass is 19.3. The maximum absolute atomic E-state index is 12.0. The Morgan fingerprint density at radius 2 is 1.58 bits per heavy atom. The molecule has 2 N–H and O–H groups in total. The van der Waals surface area contributed by atoms with Crippen molar-refractivity contribution in [3.8, 4) is 0 Å². The summed E-state index contributed by atoms with van der Waals surface area (Å²) in [5, 5.41) is 0. The fourth-order valence-electron chi connectivity index (χ4n) is 0.718. The normalized spacial score (nSPS) is 14.2. The van der Waals surface area contributed by atoms with Crippen molar-refractivity contribution in [2.75, 3.05) is 13.2 Å². The zero-order valence-electron chi connectivity index (χ0n) is 7.30. The second-order valence-electron chi connectivity index (χ2n) is 2.19. The Labute approximate surface area is 70.8 Å². The molecule has 0 aromatic rings. The van der Waals surface area contributed by atoms with Crippen molar-refractivity contribution in [1.29, 1.82) is 0 Å². The summed E-state index contributed by atoms with van der Waals surface area (Å²) in [7, 11) is 0. The lowest BCUT2D eigenvalue weighted by molar-refractivity contribution is -0.167. The summed E-state index contributed by atoms with van der Waals surface area (Å²) in [4.78, 5) is 0. The molecule has 0 heterocycles. The molecular weight excluding hydrogens is 168 g/mol. The minimum Gasteiger partial charge on any atom is -0.351 e. The van der Waals surface area contributed by atoms with Crippen molar-refractivity contribution in [2.45, 2.75) is 32.6 Å². The molecule has 0 aliphatic rings. The first-order chi connectivity index (χ1) is 5.63. The molecule has 3 nitrogen and oxygen atoms in total. The van der Waals surface area contributed by atoms with Crippen molar-refractivity contribution in [3.05, 3.63) is 0 Å². The third-order valence-corrected chi connectivity index (χ3v) is 1.27. The molecule has 0 fully saturated rings. The van der Waals surface area contributed by atoms with Crippen molar-refractivity contribution < 1.29 is 18.3 Å². The van der Waals surface area contributed by atoms with Crippen LogP contribution in [0.5, 0.6) is 0 Å². The van der Waals surface area contributed by atoms with E-state index in [1.165, 1.54) is 0 Å². The summed E-state index contributed by atoms with van der Waals surface area (Å²) >= 11 is 0. The number of nitrogens with two attached hydrogens (primary N) is 1. The second-order valence-corrected chi connectivity index (χ2v) is 2.19. The molecule has 0 aliphatic heterocycles. The van der Waals surface area contributed by atoms with E-state index in [9.17, 15) is 8.78 Å². The molecule has 0 spiro atoms. The molecule has 0 radical (unpaired) electrons. The summed E-state index contributed by atoms with van der Waals surface area (Å²) in [6.07, 6.45) is -3.62. The molecular formula is C7H15F2NO2. The molecule has 1 atom stereocenters. The quantitative estimate of drug-likeness (QED) is 0.624. The van der Waals surface area contributed by atoms with E-state index in [4.69, 9.17) is 15.2 Å². The van der Waals surface area contributed by atoms with Crippen LogP contribution >= 0.6 is 0 Å². The van der Waals surface area contributed by atoms with Crippen molar-refractivity contribution in [2.24, 2.45) is 5.73 Å². The minimum absolute atomic E-state index is 0.311. The first-order valence-corrected chi connectivity index (χ1v) is 3.90. The highest BCUT2D eigenvalue weighted by Gasteiger charge is 2.26. The van der Waals surface area contributed by atoms with Gasteiger partial charge in [0.2, 0.25) is 0 Å². The number of alkyl halides is 2. The molecule has 5 heteroatoms. The Balaban J connectivity index is 3.89. The number of halogens is 2. The van der Waals surface area contributed by atoms with Gasteiger partial charge in [-0.3, -0.25) is 0 Å². The first kappa shape index (κ1) is 11.7. The van der Waals surface area contributed by atoms with Crippen LogP contribution in [0.25, 0.3) is 0 Å². The Kier molecular flexibility index (Phi) is 6.14. The van der Waals surface area contributed by atoms with E-state index < -0.39 is 18.8 Å². The van der Waals surface area contributed by atoms with Crippen molar-refractivity contribution in [1.82, 2.24) is 0 Å². The van der Waals surface area contributed by atoms with E-state index in [0.717, 1.165) is 0 Å². The van der Waals surface area contributed by atoms with Crippen molar-refractivity contribution in [3.63, 3.8) is 0 Å². The van der Waals surface area contributed by atoms with Crippen LogP contribution in [-0.4, -0.2) is 32.0 Å². The third-order valence-electron chi connectivity index (χ3n) is 1.27. The molecule has 0 amide bonds. The van der Waals surface area contributed by atoms with E-state index in [1.54, 1.807) is 13.8 Å². The van der Waals surface area contributed by atoms with Gasteiger partial charge in [-0.25, -0.2) is 8.78 Å². The molecule has 0 rings (SSSR count). The van der Waals surface area contributed by atoms with E-state index in [-0.39, 0.29) is 0 Å². The van der Waals surface area contributed by atoms with Crippen LogP contribution in [0.3, 0.4) is 0 Å². The molecule has 0 saturated heterocycles. The van der Waals surface area contributed by atoms with E-state index in [1.807, 2.05) is 0 Å². The maximum atomic E-state index is 12.0. The van der Waals surface area contributed by atoms with Crippen LogP contribution in [0, 0.1) is 0 Å². The smallest absolute Gasteiger partial charge is 0.258 e. The van der Waals surface area contributed by atoms with Crippen LogP contribution in [0.2, 0.25) is 0 Å². The standard InChI is InChI=1S/C7H15F2NO2/c1-3-11-7(12-4-2)5(10)6(8)9/h5-7H,3-4,10H2,1-2H3. The highest BCUT2D eigenvalue weighted by Crippen LogP contribution is 2.07. The van der Waals surface area contributed by atoms with Gasteiger partial charge in [0.1, 0.15) is 6.04 Å². The maximum Gasteiger partial charge on any atom is 0.258 e. The SMILES string of the molecule is CCOC(OCC)C(N)C(F)F. The Hall–Kier alpha value is -0.260. The highest BCUT2D eigenvalue weighted by molar-refractivity contribution is 4.68. The van der Waals surface area contributed by atoms with E-state index >= 15 is 0 Å². The zero-order valence-corrected chi connectivity index (χ0v) is 7.30. The van der Waals surface area contributed by atoms with E-state index in [2.05, 4.69) is 0 Å². The molecule has 0 aliphatic carbocycles. The molecule has 0 aromatic heterocycles. The monoisotopic (exact) mass is 183 g/mol. The fourth-order valence-corrected chi connectivity index (χ4v) is 0.718. The molecule has 74 valence electrons. The molecule has 0 bridgehead atoms. The zero-order chi connectivity index (χ0) is 9.56. The summed E-state index contributed by atoms with van der Waals surface area (Å²) in [5.74, 6) is 0. The summed E-state index contributed by atoms with van der Waals surface area (Å²) in [6.45, 7) is 4.02. The average Bonchev–Trinajstić information content (AvgIpc) is 2.03. The van der Waals surface area contributed by atoms with Gasteiger partial charge >= 0.3 is 0 Å². The summed E-state index contributed by atoms with van der Waals surface area (Å²) < 4.78 is 33.8. The topological polar surface area (TPSA) is 44.5 Å². The Morgan fingerprint density at radius 3 is 1.83 bits per heavy atom. The van der Waals surface area contributed by atoms with Crippen molar-refractivity contribution >= 4 is 0 Å². The fraction of sp³-hybridized carbons (Fsp3) is 1.00. The van der Waals surface area contributed by atoms with Gasteiger partial charge in [-0.2, -0.15) is 0 Å². The predicted molar refractivity (Wildman–Crippen MR) is 41.0 cm³/mol. The molecule has 0 aromatic carbocycles. The molecule has 0 saturated carbocycles. The Morgan fingerprint density at radius 1 is 1.17 bits per heavy atom. The lowest BCUT2D eigenvalue weighted by Gasteiger charge is -2.22. The van der Waals surface area contributed by atoms with Gasteiger partial charge in [-0.1, -0.05) is 0 Å². The van der Waals surface area contributed by atoms with Gasteiger partial charge in [-0.05, 0) is 13.8 Å². The van der Waals surface area contributed by atoms with Gasteiger partial charge in [0.15, 0.2) is 6.29 Å². The van der Waals surface area contributed by atoms with Gasteiger partial charge in [-0.15, -0.1) is 0 Å². The Bertz CT molecular complexity index is 108. The van der Waals surface area contributed by atoms with Crippen LogP contribution in [0.1, 0.15) is 13.8 Å². The van der Waals surface area contributed by atoms with Gasteiger partial charge in [0.25, 0.3) is 6.43 Å². The number of ether oxygens (including phenoxy) is 2. The summed E-state index contributed by atoms with van der Waals surface area (Å²) in [6, 6.07) is -1.37. The number of hydrogen-bond acceptors (Lipinski definition) is 3. The van der Waals surface area contributed by atoms with Gasteiger partial charge < -0.3 is 15.2 Å². The first-order valence-electron chi connectivity index (χ1n) is 3.90. The van der Waals surface area contributed by atoms with Gasteiger partial charge in [0.05, 0.1) is 0 Å². The second kappa shape index (κ2) is 6.28. The third kappa shape index (κ3) is 3.94. The lowest BCUT2D eigenvalue weighted by Crippen LogP contribution is -2.44. The largest absolute Gasteiger partial charge is 0.351 e. The van der Waals surface area contributed by atoms with Crippen LogP contribution in [0.15, 0.2) is 0 Å². The predicted octanol–water partition coefficient (Wildman–Crippen LogP) is 0.978. The van der Waals surface area contributed by atoms with Crippen LogP contribution in [-0.2, 0) is 9.47 Å². The van der Waals surface area contributed by atoms with Crippen LogP contribution < -0.4 is 5.73 Å². The van der Waals surface area contributed by atoms with Crippen LogP contribution in [0.4, 0.5) is 8.78 Å². The lowest BCUT2D eigenvalue weighted by atomic mass is 10.3. The summed E-state index contributed by atoms with van der Waals surface area (Å²) in [5.41, 5.74) is 5.13.